The molecule has 0 saturated carbocycles. The summed E-state index contributed by atoms with van der Waals surface area (Å²) in [6.45, 7) is 7.44. The van der Waals surface area contributed by atoms with Crippen LogP contribution in [0.5, 0.6) is 5.75 Å². The fourth-order valence-electron chi connectivity index (χ4n) is 2.88. The van der Waals surface area contributed by atoms with Crippen LogP contribution in [0.4, 0.5) is 16.2 Å². The van der Waals surface area contributed by atoms with Crippen molar-refractivity contribution < 1.29 is 23.9 Å². The van der Waals surface area contributed by atoms with Crippen molar-refractivity contribution in [2.45, 2.75) is 52.6 Å². The molecule has 0 saturated heterocycles. The number of anilines is 2. The van der Waals surface area contributed by atoms with Crippen LogP contribution in [-0.2, 0) is 20.7 Å². The third kappa shape index (κ3) is 10.5. The summed E-state index contributed by atoms with van der Waals surface area (Å²) in [6, 6.07) is 14.5. The molecule has 8 heteroatoms. The van der Waals surface area contributed by atoms with E-state index in [0.717, 1.165) is 12.8 Å². The third-order valence-corrected chi connectivity index (χ3v) is 4.28. The van der Waals surface area contributed by atoms with Crippen LogP contribution < -0.4 is 20.7 Å². The Bertz CT molecular complexity index is 936. The van der Waals surface area contributed by atoms with Crippen molar-refractivity contribution >= 4 is 29.3 Å². The molecule has 0 unspecified atom stereocenters. The van der Waals surface area contributed by atoms with Crippen LogP contribution in [0.2, 0.25) is 0 Å². The van der Waals surface area contributed by atoms with Crippen LogP contribution >= 0.6 is 0 Å². The summed E-state index contributed by atoms with van der Waals surface area (Å²) in [4.78, 5) is 36.0. The molecule has 0 atom stereocenters. The molecule has 0 fully saturated rings. The minimum absolute atomic E-state index is 0.0840. The Morgan fingerprint density at radius 1 is 0.909 bits per heavy atom. The Hall–Kier alpha value is -3.55. The summed E-state index contributed by atoms with van der Waals surface area (Å²) < 4.78 is 10.7. The van der Waals surface area contributed by atoms with E-state index in [2.05, 4.69) is 22.9 Å². The van der Waals surface area contributed by atoms with E-state index >= 15 is 0 Å². The number of alkyl carbamates (subject to hydrolysis) is 1. The first kappa shape index (κ1) is 25.7. The van der Waals surface area contributed by atoms with Gasteiger partial charge in [0.25, 0.3) is 5.91 Å². The summed E-state index contributed by atoms with van der Waals surface area (Å²) >= 11 is 0. The average molecular weight is 456 g/mol. The molecular weight excluding hydrogens is 422 g/mol. The van der Waals surface area contributed by atoms with Gasteiger partial charge >= 0.3 is 6.09 Å². The first-order valence-electron chi connectivity index (χ1n) is 11.0. The van der Waals surface area contributed by atoms with Gasteiger partial charge in [-0.3, -0.25) is 9.59 Å². The summed E-state index contributed by atoms with van der Waals surface area (Å²) in [6.07, 6.45) is 1.60. The van der Waals surface area contributed by atoms with Crippen molar-refractivity contribution in [3.05, 3.63) is 54.1 Å². The molecule has 178 valence electrons. The maximum absolute atomic E-state index is 12.2. The lowest BCUT2D eigenvalue weighted by molar-refractivity contribution is -0.118. The predicted octanol–water partition coefficient (Wildman–Crippen LogP) is 4.51. The Morgan fingerprint density at radius 3 is 2.15 bits per heavy atom. The molecule has 2 aromatic carbocycles. The van der Waals surface area contributed by atoms with Crippen LogP contribution in [0.25, 0.3) is 0 Å². The maximum Gasteiger partial charge on any atom is 0.407 e. The number of rotatable bonds is 10. The second kappa shape index (κ2) is 12.5. The van der Waals surface area contributed by atoms with E-state index in [9.17, 15) is 14.4 Å². The van der Waals surface area contributed by atoms with Crippen LogP contribution in [0.1, 0.15) is 46.1 Å². The molecule has 3 N–H and O–H groups in total. The summed E-state index contributed by atoms with van der Waals surface area (Å²) in [5.41, 5.74) is 1.70. The zero-order valence-electron chi connectivity index (χ0n) is 19.7. The van der Waals surface area contributed by atoms with E-state index in [1.54, 1.807) is 45.0 Å². The maximum atomic E-state index is 12.2. The monoisotopic (exact) mass is 455 g/mol. The number of ether oxygens (including phenoxy) is 2. The number of hydrogen-bond donors (Lipinski definition) is 3. The molecule has 0 aromatic heterocycles. The molecule has 0 aliphatic rings. The number of amides is 3. The summed E-state index contributed by atoms with van der Waals surface area (Å²) in [7, 11) is 0. The van der Waals surface area contributed by atoms with Crippen molar-refractivity contribution in [3.63, 3.8) is 0 Å². The van der Waals surface area contributed by atoms with Crippen molar-refractivity contribution in [1.82, 2.24) is 5.32 Å². The molecule has 8 nitrogen and oxygen atoms in total. The molecule has 33 heavy (non-hydrogen) atoms. The van der Waals surface area contributed by atoms with E-state index in [4.69, 9.17) is 9.47 Å². The van der Waals surface area contributed by atoms with E-state index in [0.29, 0.717) is 17.1 Å². The third-order valence-electron chi connectivity index (χ3n) is 4.28. The molecule has 3 amide bonds. The molecule has 2 rings (SSSR count). The van der Waals surface area contributed by atoms with Gasteiger partial charge in [0.1, 0.15) is 11.4 Å². The minimum Gasteiger partial charge on any atom is -0.484 e. The molecule has 0 radical (unpaired) electrons. The second-order valence-electron chi connectivity index (χ2n) is 8.54. The number of aryl methyl sites for hydroxylation is 1. The van der Waals surface area contributed by atoms with Crippen LogP contribution in [0.3, 0.4) is 0 Å². The van der Waals surface area contributed by atoms with E-state index in [1.165, 1.54) is 5.56 Å². The highest BCUT2D eigenvalue weighted by molar-refractivity contribution is 5.94. The molecule has 0 aliphatic heterocycles. The van der Waals surface area contributed by atoms with Crippen LogP contribution in [0.15, 0.2) is 48.5 Å². The van der Waals surface area contributed by atoms with Gasteiger partial charge in [0.05, 0.1) is 0 Å². The number of nitrogens with one attached hydrogen (secondary N) is 3. The Morgan fingerprint density at radius 2 is 1.55 bits per heavy atom. The smallest absolute Gasteiger partial charge is 0.407 e. The fourth-order valence-corrected chi connectivity index (χ4v) is 2.88. The molecular formula is C25H33N3O5. The lowest BCUT2D eigenvalue weighted by atomic mass is 10.1. The normalized spacial score (nSPS) is 10.8. The standard InChI is InChI=1S/C25H33N3O5/c1-5-7-18-10-12-21(13-11-18)32-17-23(30)28-20-9-6-8-19(16-20)27-22(29)14-15-26-24(31)33-25(2,3)4/h6,8-13,16H,5,7,14-15,17H2,1-4H3,(H,26,31)(H,27,29)(H,28,30). The van der Waals surface area contributed by atoms with E-state index in [1.807, 2.05) is 24.3 Å². The zero-order chi connectivity index (χ0) is 24.3. The van der Waals surface area contributed by atoms with Gasteiger partial charge in [0.15, 0.2) is 6.61 Å². The van der Waals surface area contributed by atoms with Gasteiger partial charge in [-0.15, -0.1) is 0 Å². The van der Waals surface area contributed by atoms with Gasteiger partial charge < -0.3 is 25.4 Å². The van der Waals surface area contributed by atoms with Crippen molar-refractivity contribution in [1.29, 1.82) is 0 Å². The number of carbonyl (C=O) groups excluding carboxylic acids is 3. The Balaban J connectivity index is 1.76. The second-order valence-corrected chi connectivity index (χ2v) is 8.54. The largest absolute Gasteiger partial charge is 0.484 e. The number of hydrogen-bond acceptors (Lipinski definition) is 5. The minimum atomic E-state index is -0.596. The van der Waals surface area contributed by atoms with Gasteiger partial charge in [0.2, 0.25) is 5.91 Å². The highest BCUT2D eigenvalue weighted by atomic mass is 16.6. The average Bonchev–Trinajstić information content (AvgIpc) is 2.72. The predicted molar refractivity (Wildman–Crippen MR) is 128 cm³/mol. The van der Waals surface area contributed by atoms with E-state index in [-0.39, 0.29) is 31.4 Å². The zero-order valence-corrected chi connectivity index (χ0v) is 19.7. The molecule has 0 heterocycles. The molecule has 0 bridgehead atoms. The van der Waals surface area contributed by atoms with Gasteiger partial charge in [-0.25, -0.2) is 4.79 Å². The van der Waals surface area contributed by atoms with Gasteiger partial charge in [-0.2, -0.15) is 0 Å². The lowest BCUT2D eigenvalue weighted by Crippen LogP contribution is -2.34. The first-order valence-corrected chi connectivity index (χ1v) is 11.0. The van der Waals surface area contributed by atoms with Gasteiger partial charge in [-0.05, 0) is 63.1 Å². The van der Waals surface area contributed by atoms with E-state index < -0.39 is 11.7 Å². The molecule has 2 aromatic rings. The fraction of sp³-hybridized carbons (Fsp3) is 0.400. The van der Waals surface area contributed by atoms with Crippen LogP contribution in [0, 0.1) is 0 Å². The summed E-state index contributed by atoms with van der Waals surface area (Å²) in [5, 5.41) is 8.02. The van der Waals surface area contributed by atoms with Crippen molar-refractivity contribution in [3.8, 4) is 5.75 Å². The molecule has 0 spiro atoms. The number of benzene rings is 2. The summed E-state index contributed by atoms with van der Waals surface area (Å²) in [5.74, 6) is 0.0491. The lowest BCUT2D eigenvalue weighted by Gasteiger charge is -2.19. The Kier molecular flexibility index (Phi) is 9.72. The highest BCUT2D eigenvalue weighted by Crippen LogP contribution is 2.16. The van der Waals surface area contributed by atoms with Crippen molar-refractivity contribution in [2.24, 2.45) is 0 Å². The first-order chi connectivity index (χ1) is 15.6. The Labute approximate surface area is 195 Å². The quantitative estimate of drug-likeness (QED) is 0.489. The SMILES string of the molecule is CCCc1ccc(OCC(=O)Nc2cccc(NC(=O)CCNC(=O)OC(C)(C)C)c2)cc1. The van der Waals surface area contributed by atoms with Gasteiger partial charge in [0, 0.05) is 24.3 Å². The molecule has 0 aliphatic carbocycles. The van der Waals surface area contributed by atoms with Gasteiger partial charge in [-0.1, -0.05) is 31.5 Å². The topological polar surface area (TPSA) is 106 Å². The van der Waals surface area contributed by atoms with Crippen molar-refractivity contribution in [2.75, 3.05) is 23.8 Å². The highest BCUT2D eigenvalue weighted by Gasteiger charge is 2.16. The number of carbonyl (C=O) groups is 3. The van der Waals surface area contributed by atoms with Crippen LogP contribution in [-0.4, -0.2) is 36.7 Å².